The molecule has 0 bridgehead atoms. The second-order valence-corrected chi connectivity index (χ2v) is 18.4. The molecule has 0 aliphatic heterocycles. The van der Waals surface area contributed by atoms with Crippen LogP contribution in [0.4, 0.5) is 17.1 Å². The summed E-state index contributed by atoms with van der Waals surface area (Å²) >= 11 is 0. The van der Waals surface area contributed by atoms with Crippen LogP contribution in [0, 0.1) is 0 Å². The molecule has 3 aliphatic rings. The molecule has 11 aromatic rings. The zero-order valence-corrected chi connectivity index (χ0v) is 35.7. The third kappa shape index (κ3) is 4.49. The summed E-state index contributed by atoms with van der Waals surface area (Å²) in [5.74, 6) is 0. The van der Waals surface area contributed by atoms with Crippen LogP contribution in [-0.2, 0) is 10.8 Å². The number of benzene rings is 10. The van der Waals surface area contributed by atoms with Crippen molar-refractivity contribution in [2.75, 3.05) is 4.90 Å². The van der Waals surface area contributed by atoms with E-state index in [1.54, 1.807) is 0 Å². The van der Waals surface area contributed by atoms with Crippen LogP contribution in [-0.4, -0.2) is 4.57 Å². The summed E-state index contributed by atoms with van der Waals surface area (Å²) in [5, 5.41) is 5.21. The summed E-state index contributed by atoms with van der Waals surface area (Å²) in [6.45, 7) is 4.74. The van der Waals surface area contributed by atoms with Gasteiger partial charge in [-0.15, -0.1) is 0 Å². The molecule has 1 spiro atoms. The van der Waals surface area contributed by atoms with Crippen molar-refractivity contribution in [3.8, 4) is 39.1 Å². The van der Waals surface area contributed by atoms with E-state index in [4.69, 9.17) is 0 Å². The van der Waals surface area contributed by atoms with Gasteiger partial charge in [0.05, 0.1) is 22.1 Å². The third-order valence-corrected chi connectivity index (χ3v) is 15.0. The minimum atomic E-state index is -0.521. The maximum atomic E-state index is 2.58. The van der Waals surface area contributed by atoms with Gasteiger partial charge in [0.1, 0.15) is 0 Å². The molecule has 1 heterocycles. The minimum Gasteiger partial charge on any atom is -0.310 e. The van der Waals surface area contributed by atoms with Gasteiger partial charge in [0, 0.05) is 38.6 Å². The smallest absolute Gasteiger partial charge is 0.0726 e. The molecule has 2 heteroatoms. The molecule has 0 fully saturated rings. The number of anilines is 3. The first-order valence-corrected chi connectivity index (χ1v) is 22.5. The molecule has 0 unspecified atom stereocenters. The van der Waals surface area contributed by atoms with Crippen LogP contribution in [0.25, 0.3) is 71.6 Å². The molecule has 0 amide bonds. The van der Waals surface area contributed by atoms with Crippen molar-refractivity contribution in [3.05, 3.63) is 252 Å². The normalized spacial score (nSPS) is 14.3. The van der Waals surface area contributed by atoms with Gasteiger partial charge in [0.15, 0.2) is 0 Å². The van der Waals surface area contributed by atoms with Crippen LogP contribution in [0.2, 0.25) is 0 Å². The van der Waals surface area contributed by atoms with Crippen molar-refractivity contribution in [1.29, 1.82) is 0 Å². The molecule has 2 nitrogen and oxygen atoms in total. The lowest BCUT2D eigenvalue weighted by molar-refractivity contribution is 0.660. The summed E-state index contributed by atoms with van der Waals surface area (Å²) in [7, 11) is 0. The number of nitrogens with zero attached hydrogens (tertiary/aromatic N) is 2. The largest absolute Gasteiger partial charge is 0.310 e. The number of aromatic nitrogens is 1. The first kappa shape index (κ1) is 35.6. The quantitative estimate of drug-likeness (QED) is 0.168. The van der Waals surface area contributed by atoms with Crippen LogP contribution in [0.3, 0.4) is 0 Å². The van der Waals surface area contributed by atoms with Crippen LogP contribution in [0.5, 0.6) is 0 Å². The Balaban J connectivity index is 1.14. The highest BCUT2D eigenvalue weighted by molar-refractivity contribution is 6.29. The van der Waals surface area contributed by atoms with Gasteiger partial charge in [-0.2, -0.15) is 0 Å². The van der Waals surface area contributed by atoms with Crippen molar-refractivity contribution in [3.63, 3.8) is 0 Å². The van der Waals surface area contributed by atoms with Crippen molar-refractivity contribution in [1.82, 2.24) is 4.57 Å². The summed E-state index contributed by atoms with van der Waals surface area (Å²) in [6, 6.07) is 81.9. The molecule has 14 rings (SSSR count). The van der Waals surface area contributed by atoms with E-state index in [1.165, 1.54) is 105 Å². The van der Waals surface area contributed by atoms with Gasteiger partial charge in [0.2, 0.25) is 0 Å². The van der Waals surface area contributed by atoms with Crippen molar-refractivity contribution < 1.29 is 0 Å². The van der Waals surface area contributed by atoms with Crippen LogP contribution in [0.15, 0.2) is 218 Å². The van der Waals surface area contributed by atoms with Crippen molar-refractivity contribution in [2.45, 2.75) is 24.7 Å². The zero-order valence-electron chi connectivity index (χ0n) is 35.7. The molecule has 64 heavy (non-hydrogen) atoms. The molecule has 0 N–H and O–H groups in total. The molecule has 300 valence electrons. The molecule has 0 saturated carbocycles. The van der Waals surface area contributed by atoms with Gasteiger partial charge in [-0.05, 0) is 121 Å². The Bertz CT molecular complexity index is 3700. The molecule has 0 atom stereocenters. The summed E-state index contributed by atoms with van der Waals surface area (Å²) in [5.41, 5.74) is 22.2. The fourth-order valence-corrected chi connectivity index (χ4v) is 12.3. The summed E-state index contributed by atoms with van der Waals surface area (Å²) in [4.78, 5) is 2.48. The maximum Gasteiger partial charge on any atom is 0.0726 e. The lowest BCUT2D eigenvalue weighted by atomic mass is 9.63. The molecular weight excluding hydrogens is 773 g/mol. The van der Waals surface area contributed by atoms with E-state index < -0.39 is 5.41 Å². The van der Waals surface area contributed by atoms with Gasteiger partial charge < -0.3 is 9.47 Å². The fourth-order valence-electron chi connectivity index (χ4n) is 12.3. The Morgan fingerprint density at radius 1 is 0.359 bits per heavy atom. The fraction of sp³-hybridized carbons (Fsp3) is 0.0645. The number of fused-ring (bicyclic) bond motifs is 10. The van der Waals surface area contributed by atoms with Gasteiger partial charge in [-0.1, -0.05) is 184 Å². The van der Waals surface area contributed by atoms with Crippen LogP contribution < -0.4 is 4.90 Å². The Morgan fingerprint density at radius 3 is 1.59 bits per heavy atom. The molecule has 3 aliphatic carbocycles. The predicted molar refractivity (Wildman–Crippen MR) is 267 cm³/mol. The number of rotatable bonds is 5. The van der Waals surface area contributed by atoms with E-state index in [-0.39, 0.29) is 5.41 Å². The van der Waals surface area contributed by atoms with Gasteiger partial charge in [-0.25, -0.2) is 0 Å². The second-order valence-electron chi connectivity index (χ2n) is 18.4. The lowest BCUT2D eigenvalue weighted by Gasteiger charge is -2.38. The van der Waals surface area contributed by atoms with Crippen LogP contribution >= 0.6 is 0 Å². The Kier molecular flexibility index (Phi) is 7.13. The van der Waals surface area contributed by atoms with E-state index in [9.17, 15) is 0 Å². The van der Waals surface area contributed by atoms with E-state index >= 15 is 0 Å². The number of para-hydroxylation sites is 1. The van der Waals surface area contributed by atoms with E-state index in [0.29, 0.717) is 0 Å². The van der Waals surface area contributed by atoms with E-state index in [0.717, 1.165) is 17.1 Å². The molecule has 1 aromatic heterocycles. The van der Waals surface area contributed by atoms with E-state index in [1.807, 2.05) is 0 Å². The average molecular weight is 815 g/mol. The predicted octanol–water partition coefficient (Wildman–Crippen LogP) is 16.1. The monoisotopic (exact) mass is 814 g/mol. The number of hydrogen-bond donors (Lipinski definition) is 0. The van der Waals surface area contributed by atoms with Crippen LogP contribution in [0.1, 0.15) is 47.2 Å². The number of hydrogen-bond acceptors (Lipinski definition) is 1. The van der Waals surface area contributed by atoms with Gasteiger partial charge >= 0.3 is 0 Å². The van der Waals surface area contributed by atoms with Crippen molar-refractivity contribution in [2.24, 2.45) is 0 Å². The standard InChI is InChI=1S/C62H42N2/c1-61(2)49-25-12-9-23-46(49)48-37-43(35-36-50(48)61)64-55-30-16-29-54-59(55)60-57(64)38-56(63(41-19-7-4-8-20-41)42-33-31-40(32-34-42)39-17-5-3-6-18-39)47-24-15-28-53(58(47)60)62(54)51-26-13-10-21-44(51)45-22-11-14-27-52(45)62/h3-38H,1-2H3. The Hall–Kier alpha value is -7.94. The zero-order chi connectivity index (χ0) is 42.3. The maximum absolute atomic E-state index is 2.58. The van der Waals surface area contributed by atoms with Gasteiger partial charge in [-0.3, -0.25) is 0 Å². The average Bonchev–Trinajstić information content (AvgIpc) is 3.93. The summed E-state index contributed by atoms with van der Waals surface area (Å²) < 4.78 is 2.58. The van der Waals surface area contributed by atoms with Crippen molar-refractivity contribution >= 4 is 49.6 Å². The topological polar surface area (TPSA) is 8.17 Å². The highest BCUT2D eigenvalue weighted by Gasteiger charge is 2.50. The highest BCUT2D eigenvalue weighted by atomic mass is 15.1. The molecule has 0 saturated heterocycles. The third-order valence-electron chi connectivity index (χ3n) is 15.0. The summed E-state index contributed by atoms with van der Waals surface area (Å²) in [6.07, 6.45) is 0. The second kappa shape index (κ2) is 12.8. The SMILES string of the molecule is CC1(C)c2ccccc2-c2cc(-n3c4cccc5c4c4c6c(cccc6c(N(c6ccccc6)c6ccc(-c7ccccc7)cc6)cc43)C53c4ccccc4-c4ccccc43)ccc21. The van der Waals surface area contributed by atoms with E-state index in [2.05, 4.69) is 242 Å². The highest BCUT2D eigenvalue weighted by Crippen LogP contribution is 2.63. The molecule has 10 aromatic carbocycles. The lowest BCUT2D eigenvalue weighted by Crippen LogP contribution is -2.30. The Labute approximate surface area is 372 Å². The molecule has 0 radical (unpaired) electrons. The van der Waals surface area contributed by atoms with Gasteiger partial charge in [0.25, 0.3) is 0 Å². The minimum absolute atomic E-state index is 0.0818. The first-order chi connectivity index (χ1) is 31.5. The molecular formula is C62H42N2. The first-order valence-electron chi connectivity index (χ1n) is 22.5. The Morgan fingerprint density at radius 2 is 0.891 bits per heavy atom.